The summed E-state index contributed by atoms with van der Waals surface area (Å²) in [6.07, 6.45) is -0.691. The third-order valence-electron chi connectivity index (χ3n) is 3.38. The number of ether oxygens (including phenoxy) is 2. The first-order valence-corrected chi connectivity index (χ1v) is 8.55. The van der Waals surface area contributed by atoms with Crippen molar-refractivity contribution in [2.45, 2.75) is 6.10 Å². The van der Waals surface area contributed by atoms with Crippen LogP contribution in [-0.2, 0) is 4.79 Å². The number of anilines is 1. The summed E-state index contributed by atoms with van der Waals surface area (Å²) in [5.41, 5.74) is 0.847. The van der Waals surface area contributed by atoms with Gasteiger partial charge in [-0.1, -0.05) is 39.4 Å². The SMILES string of the molecule is O=C(Nc1nc2ccc(Br)cc2s1)[C@@H]1COc2ccccc2O1. The number of amides is 1. The molecule has 0 fully saturated rings. The Morgan fingerprint density at radius 2 is 2.09 bits per heavy atom. The van der Waals surface area contributed by atoms with Crippen LogP contribution in [0.25, 0.3) is 10.2 Å². The van der Waals surface area contributed by atoms with Gasteiger partial charge in [-0.3, -0.25) is 10.1 Å². The fraction of sp³-hybridized carbons (Fsp3) is 0.125. The number of benzene rings is 2. The maximum atomic E-state index is 12.4. The fourth-order valence-corrected chi connectivity index (χ4v) is 3.71. The van der Waals surface area contributed by atoms with Crippen LogP contribution >= 0.6 is 27.3 Å². The summed E-state index contributed by atoms with van der Waals surface area (Å²) < 4.78 is 13.2. The maximum absolute atomic E-state index is 12.4. The third-order valence-corrected chi connectivity index (χ3v) is 4.81. The molecule has 2 aromatic carbocycles. The first-order valence-electron chi connectivity index (χ1n) is 6.94. The minimum Gasteiger partial charge on any atom is -0.485 e. The van der Waals surface area contributed by atoms with Crippen molar-refractivity contribution >= 4 is 48.5 Å². The van der Waals surface area contributed by atoms with Gasteiger partial charge in [-0.15, -0.1) is 0 Å². The Bertz CT molecular complexity index is 896. The molecule has 0 bridgehead atoms. The molecule has 0 saturated carbocycles. The van der Waals surface area contributed by atoms with E-state index >= 15 is 0 Å². The number of para-hydroxylation sites is 2. The molecule has 7 heteroatoms. The number of fused-ring (bicyclic) bond motifs is 2. The van der Waals surface area contributed by atoms with E-state index in [9.17, 15) is 4.79 Å². The molecule has 1 amide bonds. The lowest BCUT2D eigenvalue weighted by Gasteiger charge is -2.25. The normalized spacial score (nSPS) is 16.3. The van der Waals surface area contributed by atoms with Crippen LogP contribution in [0.4, 0.5) is 5.13 Å². The molecular formula is C16H11BrN2O3S. The van der Waals surface area contributed by atoms with Crippen molar-refractivity contribution in [1.29, 1.82) is 0 Å². The minimum atomic E-state index is -0.691. The van der Waals surface area contributed by atoms with E-state index in [0.717, 1.165) is 14.7 Å². The molecular weight excluding hydrogens is 380 g/mol. The lowest BCUT2D eigenvalue weighted by molar-refractivity contribution is -0.125. The van der Waals surface area contributed by atoms with Gasteiger partial charge < -0.3 is 9.47 Å². The lowest BCUT2D eigenvalue weighted by Crippen LogP contribution is -2.40. The summed E-state index contributed by atoms with van der Waals surface area (Å²) in [4.78, 5) is 16.8. The van der Waals surface area contributed by atoms with Gasteiger partial charge >= 0.3 is 0 Å². The number of hydrogen-bond acceptors (Lipinski definition) is 5. The summed E-state index contributed by atoms with van der Waals surface area (Å²) in [5, 5.41) is 3.35. The van der Waals surface area contributed by atoms with E-state index in [0.29, 0.717) is 16.6 Å². The summed E-state index contributed by atoms with van der Waals surface area (Å²) in [7, 11) is 0. The molecule has 23 heavy (non-hydrogen) atoms. The molecule has 1 aliphatic rings. The molecule has 0 spiro atoms. The second-order valence-electron chi connectivity index (χ2n) is 4.98. The van der Waals surface area contributed by atoms with E-state index in [2.05, 4.69) is 26.2 Å². The van der Waals surface area contributed by atoms with Crippen LogP contribution in [0.15, 0.2) is 46.9 Å². The van der Waals surface area contributed by atoms with Crippen LogP contribution in [0.2, 0.25) is 0 Å². The van der Waals surface area contributed by atoms with Gasteiger partial charge in [0.05, 0.1) is 10.2 Å². The average molecular weight is 391 g/mol. The zero-order valence-electron chi connectivity index (χ0n) is 11.8. The Morgan fingerprint density at radius 1 is 1.26 bits per heavy atom. The Morgan fingerprint density at radius 3 is 2.96 bits per heavy atom. The third kappa shape index (κ3) is 2.89. The highest BCUT2D eigenvalue weighted by Crippen LogP contribution is 2.32. The molecule has 116 valence electrons. The molecule has 1 N–H and O–H groups in total. The molecule has 0 unspecified atom stereocenters. The number of carbonyl (C=O) groups excluding carboxylic acids is 1. The van der Waals surface area contributed by atoms with Crippen LogP contribution in [0, 0.1) is 0 Å². The Hall–Kier alpha value is -2.12. The van der Waals surface area contributed by atoms with Crippen LogP contribution in [0.5, 0.6) is 11.5 Å². The van der Waals surface area contributed by atoms with E-state index < -0.39 is 6.10 Å². The van der Waals surface area contributed by atoms with E-state index in [1.165, 1.54) is 11.3 Å². The number of nitrogens with zero attached hydrogens (tertiary/aromatic N) is 1. The number of hydrogen-bond donors (Lipinski definition) is 1. The van der Waals surface area contributed by atoms with Crippen molar-refractivity contribution in [2.24, 2.45) is 0 Å². The smallest absolute Gasteiger partial charge is 0.270 e. The van der Waals surface area contributed by atoms with Gasteiger partial charge in [0.2, 0.25) is 6.10 Å². The standard InChI is InChI=1S/C16H11BrN2O3S/c17-9-5-6-10-14(7-9)23-16(18-10)19-15(20)13-8-21-11-3-1-2-4-12(11)22-13/h1-7,13H,8H2,(H,18,19,20)/t13-/m0/s1. The average Bonchev–Trinajstić information content (AvgIpc) is 2.95. The van der Waals surface area contributed by atoms with E-state index in [4.69, 9.17) is 9.47 Å². The molecule has 2 heterocycles. The zero-order valence-corrected chi connectivity index (χ0v) is 14.2. The Labute approximate surface area is 144 Å². The van der Waals surface area contributed by atoms with Gasteiger partial charge in [-0.2, -0.15) is 0 Å². The molecule has 0 aliphatic carbocycles. The number of carbonyl (C=O) groups is 1. The predicted molar refractivity (Wildman–Crippen MR) is 92.3 cm³/mol. The number of thiazole rings is 1. The summed E-state index contributed by atoms with van der Waals surface area (Å²) in [6, 6.07) is 13.1. The second-order valence-corrected chi connectivity index (χ2v) is 6.93. The van der Waals surface area contributed by atoms with Crippen LogP contribution < -0.4 is 14.8 Å². The Balaban J connectivity index is 1.51. The number of nitrogens with one attached hydrogen (secondary N) is 1. The van der Waals surface area contributed by atoms with E-state index in [1.807, 2.05) is 36.4 Å². The van der Waals surface area contributed by atoms with E-state index in [1.54, 1.807) is 6.07 Å². The highest BCUT2D eigenvalue weighted by atomic mass is 79.9. The van der Waals surface area contributed by atoms with Gasteiger partial charge in [0, 0.05) is 4.47 Å². The van der Waals surface area contributed by atoms with Crippen LogP contribution in [-0.4, -0.2) is 23.6 Å². The molecule has 5 nitrogen and oxygen atoms in total. The molecule has 1 atom stereocenters. The molecule has 0 radical (unpaired) electrons. The van der Waals surface area contributed by atoms with Gasteiger partial charge in [-0.05, 0) is 30.3 Å². The fourth-order valence-electron chi connectivity index (χ4n) is 2.29. The van der Waals surface area contributed by atoms with Crippen molar-refractivity contribution in [2.75, 3.05) is 11.9 Å². The van der Waals surface area contributed by atoms with Gasteiger partial charge in [0.25, 0.3) is 5.91 Å². The first kappa shape index (κ1) is 14.5. The second kappa shape index (κ2) is 5.82. The van der Waals surface area contributed by atoms with Crippen LogP contribution in [0.1, 0.15) is 0 Å². The summed E-state index contributed by atoms with van der Waals surface area (Å²) >= 11 is 4.85. The number of rotatable bonds is 2. The highest BCUT2D eigenvalue weighted by Gasteiger charge is 2.27. The molecule has 4 rings (SSSR count). The van der Waals surface area contributed by atoms with Crippen molar-refractivity contribution in [1.82, 2.24) is 4.98 Å². The summed E-state index contributed by atoms with van der Waals surface area (Å²) in [5.74, 6) is 0.964. The zero-order chi connectivity index (χ0) is 15.8. The predicted octanol–water partition coefficient (Wildman–Crippen LogP) is 3.84. The minimum absolute atomic E-state index is 0.180. The van der Waals surface area contributed by atoms with Crippen molar-refractivity contribution in [3.05, 3.63) is 46.9 Å². The quantitative estimate of drug-likeness (QED) is 0.721. The highest BCUT2D eigenvalue weighted by molar-refractivity contribution is 9.10. The summed E-state index contributed by atoms with van der Waals surface area (Å²) in [6.45, 7) is 0.180. The lowest BCUT2D eigenvalue weighted by atomic mass is 10.2. The van der Waals surface area contributed by atoms with Crippen molar-refractivity contribution in [3.8, 4) is 11.5 Å². The van der Waals surface area contributed by atoms with Crippen LogP contribution in [0.3, 0.4) is 0 Å². The topological polar surface area (TPSA) is 60.5 Å². The monoisotopic (exact) mass is 390 g/mol. The Kier molecular flexibility index (Phi) is 3.66. The van der Waals surface area contributed by atoms with Gasteiger partial charge in [0.1, 0.15) is 6.61 Å². The molecule has 1 aromatic heterocycles. The molecule has 0 saturated heterocycles. The van der Waals surface area contributed by atoms with Crippen molar-refractivity contribution in [3.63, 3.8) is 0 Å². The van der Waals surface area contributed by atoms with E-state index in [-0.39, 0.29) is 12.5 Å². The first-order chi connectivity index (χ1) is 11.2. The molecule has 3 aromatic rings. The van der Waals surface area contributed by atoms with Crippen molar-refractivity contribution < 1.29 is 14.3 Å². The maximum Gasteiger partial charge on any atom is 0.270 e. The van der Waals surface area contributed by atoms with Gasteiger partial charge in [0.15, 0.2) is 16.6 Å². The number of aromatic nitrogens is 1. The largest absolute Gasteiger partial charge is 0.485 e. The van der Waals surface area contributed by atoms with Gasteiger partial charge in [-0.25, -0.2) is 4.98 Å². The number of halogens is 1. The molecule has 1 aliphatic heterocycles.